The standard InChI is InChI=1S/C21H20Cl2N4O3S/c1-4-9-27-20(13-5-7-14(22)8-6-13)25-26-21(27)31-12-19(28)24-16-11-17(29-2)15(23)10-18(16)30-3/h4-8,10-11H,1,9,12H2,2-3H3,(H,24,28). The highest BCUT2D eigenvalue weighted by Crippen LogP contribution is 2.36. The summed E-state index contributed by atoms with van der Waals surface area (Å²) < 4.78 is 12.4. The van der Waals surface area contributed by atoms with Gasteiger partial charge >= 0.3 is 0 Å². The quantitative estimate of drug-likeness (QED) is 0.336. The fourth-order valence-corrected chi connectivity index (χ4v) is 3.88. The van der Waals surface area contributed by atoms with Crippen molar-refractivity contribution in [1.29, 1.82) is 0 Å². The minimum Gasteiger partial charge on any atom is -0.495 e. The molecule has 7 nitrogen and oxygen atoms in total. The maximum Gasteiger partial charge on any atom is 0.234 e. The molecule has 0 fully saturated rings. The number of hydrogen-bond donors (Lipinski definition) is 1. The van der Waals surface area contributed by atoms with Crippen molar-refractivity contribution in [3.05, 3.63) is 59.1 Å². The monoisotopic (exact) mass is 478 g/mol. The minimum absolute atomic E-state index is 0.115. The van der Waals surface area contributed by atoms with Crippen molar-refractivity contribution in [2.45, 2.75) is 11.7 Å². The molecule has 10 heteroatoms. The van der Waals surface area contributed by atoms with Gasteiger partial charge in [0, 0.05) is 29.3 Å². The van der Waals surface area contributed by atoms with Gasteiger partial charge in [0.05, 0.1) is 30.7 Å². The highest BCUT2D eigenvalue weighted by atomic mass is 35.5. The van der Waals surface area contributed by atoms with Crippen molar-refractivity contribution in [2.75, 3.05) is 25.3 Å². The van der Waals surface area contributed by atoms with E-state index in [4.69, 9.17) is 32.7 Å². The van der Waals surface area contributed by atoms with E-state index in [1.807, 2.05) is 16.7 Å². The summed E-state index contributed by atoms with van der Waals surface area (Å²) in [5, 5.41) is 13.0. The Labute approximate surface area is 194 Å². The molecule has 1 aromatic heterocycles. The summed E-state index contributed by atoms with van der Waals surface area (Å²) in [6.07, 6.45) is 1.75. The van der Waals surface area contributed by atoms with Gasteiger partial charge in [-0.2, -0.15) is 0 Å². The van der Waals surface area contributed by atoms with Gasteiger partial charge in [-0.1, -0.05) is 41.0 Å². The molecular formula is C21H20Cl2N4O3S. The van der Waals surface area contributed by atoms with Gasteiger partial charge in [-0.15, -0.1) is 16.8 Å². The molecule has 0 aliphatic rings. The zero-order valence-corrected chi connectivity index (χ0v) is 19.2. The lowest BCUT2D eigenvalue weighted by atomic mass is 10.2. The average Bonchev–Trinajstić information content (AvgIpc) is 3.16. The Hall–Kier alpha value is -2.68. The molecule has 1 heterocycles. The molecule has 31 heavy (non-hydrogen) atoms. The number of rotatable bonds is 9. The molecular weight excluding hydrogens is 459 g/mol. The van der Waals surface area contributed by atoms with Gasteiger partial charge in [-0.05, 0) is 24.3 Å². The number of carbonyl (C=O) groups excluding carboxylic acids is 1. The first-order valence-corrected chi connectivity index (χ1v) is 10.8. The van der Waals surface area contributed by atoms with E-state index in [9.17, 15) is 4.79 Å². The summed E-state index contributed by atoms with van der Waals surface area (Å²) in [4.78, 5) is 12.6. The molecule has 0 saturated carbocycles. The van der Waals surface area contributed by atoms with Gasteiger partial charge in [-0.25, -0.2) is 0 Å². The van der Waals surface area contributed by atoms with Gasteiger partial charge in [0.2, 0.25) is 5.91 Å². The van der Waals surface area contributed by atoms with Crippen molar-refractivity contribution in [3.8, 4) is 22.9 Å². The molecule has 0 aliphatic carbocycles. The summed E-state index contributed by atoms with van der Waals surface area (Å²) in [6, 6.07) is 10.5. The normalized spacial score (nSPS) is 10.6. The molecule has 0 spiro atoms. The van der Waals surface area contributed by atoms with Crippen molar-refractivity contribution in [1.82, 2.24) is 14.8 Å². The number of allylic oxidation sites excluding steroid dienone is 1. The maximum atomic E-state index is 12.6. The van der Waals surface area contributed by atoms with Crippen LogP contribution in [-0.4, -0.2) is 40.6 Å². The molecule has 162 valence electrons. The number of hydrogen-bond acceptors (Lipinski definition) is 6. The Morgan fingerprint density at radius 1 is 1.16 bits per heavy atom. The van der Waals surface area contributed by atoms with Crippen LogP contribution in [0.4, 0.5) is 5.69 Å². The number of nitrogens with one attached hydrogen (secondary N) is 1. The van der Waals surface area contributed by atoms with Crippen LogP contribution in [0.25, 0.3) is 11.4 Å². The SMILES string of the molecule is C=CCn1c(SCC(=O)Nc2cc(OC)c(Cl)cc2OC)nnc1-c1ccc(Cl)cc1. The van der Waals surface area contributed by atoms with E-state index in [0.717, 1.165) is 5.56 Å². The van der Waals surface area contributed by atoms with Crippen molar-refractivity contribution >= 4 is 46.6 Å². The first-order chi connectivity index (χ1) is 15.0. The second kappa shape index (κ2) is 10.6. The highest BCUT2D eigenvalue weighted by molar-refractivity contribution is 7.99. The Bertz CT molecular complexity index is 1090. The number of methoxy groups -OCH3 is 2. The van der Waals surface area contributed by atoms with Crippen LogP contribution in [-0.2, 0) is 11.3 Å². The fraction of sp³-hybridized carbons (Fsp3) is 0.190. The van der Waals surface area contributed by atoms with Gasteiger partial charge < -0.3 is 14.8 Å². The lowest BCUT2D eigenvalue weighted by Crippen LogP contribution is -2.15. The molecule has 1 amide bonds. The van der Waals surface area contributed by atoms with E-state index in [0.29, 0.717) is 44.8 Å². The number of carbonyl (C=O) groups is 1. The van der Waals surface area contributed by atoms with Gasteiger partial charge in [0.15, 0.2) is 11.0 Å². The van der Waals surface area contributed by atoms with E-state index >= 15 is 0 Å². The molecule has 0 saturated heterocycles. The third-order valence-corrected chi connectivity index (χ3v) is 5.73. The Kier molecular flexibility index (Phi) is 7.84. The maximum absolute atomic E-state index is 12.6. The molecule has 1 N–H and O–H groups in total. The summed E-state index contributed by atoms with van der Waals surface area (Å²) in [5.41, 5.74) is 1.33. The molecule has 2 aromatic carbocycles. The van der Waals surface area contributed by atoms with Gasteiger partial charge in [0.25, 0.3) is 0 Å². The van der Waals surface area contributed by atoms with Crippen LogP contribution in [0.2, 0.25) is 10.0 Å². The minimum atomic E-state index is -0.242. The number of nitrogens with zero attached hydrogens (tertiary/aromatic N) is 3. The molecule has 3 rings (SSSR count). The molecule has 0 aliphatic heterocycles. The number of aromatic nitrogens is 3. The largest absolute Gasteiger partial charge is 0.495 e. The van der Waals surface area contributed by atoms with Crippen LogP contribution in [0.15, 0.2) is 54.2 Å². The Balaban J connectivity index is 1.75. The third-order valence-electron chi connectivity index (χ3n) is 4.21. The lowest BCUT2D eigenvalue weighted by molar-refractivity contribution is -0.113. The number of anilines is 1. The second-order valence-corrected chi connectivity index (χ2v) is 8.02. The van der Waals surface area contributed by atoms with Crippen LogP contribution in [0, 0.1) is 0 Å². The highest BCUT2D eigenvalue weighted by Gasteiger charge is 2.17. The van der Waals surface area contributed by atoms with E-state index < -0.39 is 0 Å². The number of amides is 1. The van der Waals surface area contributed by atoms with Crippen LogP contribution in [0.3, 0.4) is 0 Å². The first-order valence-electron chi connectivity index (χ1n) is 9.11. The van der Waals surface area contributed by atoms with Crippen LogP contribution < -0.4 is 14.8 Å². The lowest BCUT2D eigenvalue weighted by Gasteiger charge is -2.13. The first kappa shape index (κ1) is 23.0. The molecule has 0 atom stereocenters. The smallest absolute Gasteiger partial charge is 0.234 e. The molecule has 3 aromatic rings. The summed E-state index contributed by atoms with van der Waals surface area (Å²) in [7, 11) is 3.00. The molecule has 0 radical (unpaired) electrons. The van der Waals surface area contributed by atoms with Gasteiger partial charge in [-0.3, -0.25) is 9.36 Å². The van der Waals surface area contributed by atoms with Crippen LogP contribution >= 0.6 is 35.0 Å². The van der Waals surface area contributed by atoms with Crippen LogP contribution in [0.5, 0.6) is 11.5 Å². The second-order valence-electron chi connectivity index (χ2n) is 6.24. The zero-order valence-electron chi connectivity index (χ0n) is 16.9. The van der Waals surface area contributed by atoms with Crippen molar-refractivity contribution < 1.29 is 14.3 Å². The third kappa shape index (κ3) is 5.52. The molecule has 0 bridgehead atoms. The summed E-state index contributed by atoms with van der Waals surface area (Å²) in [5.74, 6) is 1.41. The predicted octanol–water partition coefficient (Wildman–Crippen LogP) is 5.19. The number of benzene rings is 2. The van der Waals surface area contributed by atoms with Crippen molar-refractivity contribution in [3.63, 3.8) is 0 Å². The average molecular weight is 479 g/mol. The topological polar surface area (TPSA) is 78.3 Å². The van der Waals surface area contributed by atoms with E-state index in [1.54, 1.807) is 30.3 Å². The molecule has 0 unspecified atom stereocenters. The van der Waals surface area contributed by atoms with Crippen molar-refractivity contribution in [2.24, 2.45) is 0 Å². The predicted molar refractivity (Wildman–Crippen MR) is 125 cm³/mol. The number of ether oxygens (including phenoxy) is 2. The number of thioether (sulfide) groups is 1. The zero-order chi connectivity index (χ0) is 22.4. The fourth-order valence-electron chi connectivity index (χ4n) is 2.78. The van der Waals surface area contributed by atoms with Gasteiger partial charge in [0.1, 0.15) is 11.5 Å². The summed E-state index contributed by atoms with van der Waals surface area (Å²) >= 11 is 13.4. The summed E-state index contributed by atoms with van der Waals surface area (Å²) in [6.45, 7) is 4.29. The van der Waals surface area contributed by atoms with Crippen LogP contribution in [0.1, 0.15) is 0 Å². The Morgan fingerprint density at radius 3 is 2.52 bits per heavy atom. The van der Waals surface area contributed by atoms with E-state index in [1.165, 1.54) is 26.0 Å². The van der Waals surface area contributed by atoms with E-state index in [-0.39, 0.29) is 11.7 Å². The van der Waals surface area contributed by atoms with E-state index in [2.05, 4.69) is 22.1 Å². The Morgan fingerprint density at radius 2 is 1.87 bits per heavy atom. The number of halogens is 2.